The number of ether oxygens (including phenoxy) is 1. The third kappa shape index (κ3) is 1.39. The van der Waals surface area contributed by atoms with Crippen LogP contribution in [0.25, 0.3) is 0 Å². The summed E-state index contributed by atoms with van der Waals surface area (Å²) in [6.45, 7) is 0. The molecule has 0 aromatic rings. The van der Waals surface area contributed by atoms with E-state index in [0.29, 0.717) is 0 Å². The topological polar surface area (TPSA) is 9.23 Å². The van der Waals surface area contributed by atoms with Gasteiger partial charge in [-0.25, -0.2) is 4.39 Å². The summed E-state index contributed by atoms with van der Waals surface area (Å²) in [5.74, 6) is 0. The molecule has 10 heavy (non-hydrogen) atoms. The van der Waals surface area contributed by atoms with E-state index >= 15 is 0 Å². The third-order valence-corrected chi connectivity index (χ3v) is 1.69. The van der Waals surface area contributed by atoms with Gasteiger partial charge < -0.3 is 4.74 Å². The fourth-order valence-electron chi connectivity index (χ4n) is 0.808. The van der Waals surface area contributed by atoms with Gasteiger partial charge in [0.15, 0.2) is 0 Å². The molecule has 3 heteroatoms. The summed E-state index contributed by atoms with van der Waals surface area (Å²) in [5, 5.41) is -1.87. The molecule has 2 atom stereocenters. The first-order valence-corrected chi connectivity index (χ1v) is 3.31. The van der Waals surface area contributed by atoms with Gasteiger partial charge in [0.1, 0.15) is 6.10 Å². The number of halogens is 2. The number of alkyl halides is 2. The highest BCUT2D eigenvalue weighted by atomic mass is 35.5. The standard InChI is InChI=1S/C7H8ClFO/c1-10-6-4-2-3-5-7(6,8)9/h2-6H,1H3. The van der Waals surface area contributed by atoms with Crippen LogP contribution in [0.5, 0.6) is 0 Å². The average molecular weight is 163 g/mol. The number of hydrogen-bond donors (Lipinski definition) is 0. The van der Waals surface area contributed by atoms with Crippen molar-refractivity contribution in [3.63, 3.8) is 0 Å². The van der Waals surface area contributed by atoms with Crippen LogP contribution < -0.4 is 0 Å². The molecule has 0 radical (unpaired) electrons. The third-order valence-electron chi connectivity index (χ3n) is 1.35. The van der Waals surface area contributed by atoms with Gasteiger partial charge in [0.2, 0.25) is 5.13 Å². The minimum atomic E-state index is -1.87. The Bertz CT molecular complexity index is 174. The quantitative estimate of drug-likeness (QED) is 0.536. The van der Waals surface area contributed by atoms with E-state index in [2.05, 4.69) is 0 Å². The van der Waals surface area contributed by atoms with Gasteiger partial charge in [-0.3, -0.25) is 0 Å². The molecule has 0 aromatic carbocycles. The van der Waals surface area contributed by atoms with E-state index in [0.717, 1.165) is 0 Å². The maximum absolute atomic E-state index is 13.0. The number of methoxy groups -OCH3 is 1. The summed E-state index contributed by atoms with van der Waals surface area (Å²) < 4.78 is 17.8. The lowest BCUT2D eigenvalue weighted by Crippen LogP contribution is -2.31. The Morgan fingerprint density at radius 3 is 2.70 bits per heavy atom. The first-order chi connectivity index (χ1) is 4.67. The van der Waals surface area contributed by atoms with Crippen molar-refractivity contribution >= 4 is 11.6 Å². The molecule has 1 aliphatic carbocycles. The van der Waals surface area contributed by atoms with Crippen LogP contribution in [0.3, 0.4) is 0 Å². The van der Waals surface area contributed by atoms with Crippen molar-refractivity contribution in [1.82, 2.24) is 0 Å². The van der Waals surface area contributed by atoms with E-state index < -0.39 is 11.2 Å². The second-order valence-corrected chi connectivity index (χ2v) is 2.65. The van der Waals surface area contributed by atoms with Crippen LogP contribution in [0, 0.1) is 0 Å². The summed E-state index contributed by atoms with van der Waals surface area (Å²) in [4.78, 5) is 0. The molecule has 0 aromatic heterocycles. The van der Waals surface area contributed by atoms with Crippen LogP contribution in [0.1, 0.15) is 0 Å². The van der Waals surface area contributed by atoms with Crippen LogP contribution in [-0.4, -0.2) is 18.3 Å². The highest BCUT2D eigenvalue weighted by Gasteiger charge is 2.33. The first-order valence-electron chi connectivity index (χ1n) is 2.93. The maximum Gasteiger partial charge on any atom is 0.231 e. The molecule has 1 aliphatic rings. The zero-order valence-corrected chi connectivity index (χ0v) is 6.31. The Morgan fingerprint density at radius 1 is 1.60 bits per heavy atom. The molecule has 0 fully saturated rings. The average Bonchev–Trinajstić information content (AvgIpc) is 1.87. The van der Waals surface area contributed by atoms with Crippen molar-refractivity contribution in [3.05, 3.63) is 24.3 Å². The molecule has 0 heterocycles. The van der Waals surface area contributed by atoms with Gasteiger partial charge in [-0.1, -0.05) is 29.8 Å². The van der Waals surface area contributed by atoms with Crippen molar-refractivity contribution in [1.29, 1.82) is 0 Å². The molecule has 0 saturated heterocycles. The Morgan fingerprint density at radius 2 is 2.30 bits per heavy atom. The van der Waals surface area contributed by atoms with Crippen molar-refractivity contribution in [2.24, 2.45) is 0 Å². The van der Waals surface area contributed by atoms with Crippen LogP contribution >= 0.6 is 11.6 Å². The minimum Gasteiger partial charge on any atom is -0.372 e. The highest BCUT2D eigenvalue weighted by molar-refractivity contribution is 6.24. The van der Waals surface area contributed by atoms with Crippen molar-refractivity contribution in [2.45, 2.75) is 11.2 Å². The molecule has 0 spiro atoms. The molecule has 0 bridgehead atoms. The maximum atomic E-state index is 13.0. The Hall–Kier alpha value is -0.340. The molecule has 0 amide bonds. The molecule has 2 unspecified atom stereocenters. The van der Waals surface area contributed by atoms with Gasteiger partial charge in [0.25, 0.3) is 0 Å². The second-order valence-electron chi connectivity index (χ2n) is 2.07. The molecule has 1 nitrogen and oxygen atoms in total. The molecule has 0 saturated carbocycles. The fraction of sp³-hybridized carbons (Fsp3) is 0.429. The summed E-state index contributed by atoms with van der Waals surface area (Å²) in [6.07, 6.45) is 5.44. The van der Waals surface area contributed by atoms with E-state index in [-0.39, 0.29) is 0 Å². The van der Waals surface area contributed by atoms with E-state index in [9.17, 15) is 4.39 Å². The lowest BCUT2D eigenvalue weighted by atomic mass is 10.1. The Balaban J connectivity index is 2.74. The van der Waals surface area contributed by atoms with E-state index in [4.69, 9.17) is 16.3 Å². The summed E-state index contributed by atoms with van der Waals surface area (Å²) in [7, 11) is 1.42. The van der Waals surface area contributed by atoms with Crippen LogP contribution in [0.4, 0.5) is 4.39 Å². The first kappa shape index (κ1) is 7.76. The van der Waals surface area contributed by atoms with E-state index in [1.165, 1.54) is 13.2 Å². The van der Waals surface area contributed by atoms with Gasteiger partial charge in [-0.15, -0.1) is 0 Å². The van der Waals surface area contributed by atoms with Crippen molar-refractivity contribution in [3.8, 4) is 0 Å². The summed E-state index contributed by atoms with van der Waals surface area (Å²) in [6, 6.07) is 0. The molecule has 0 aliphatic heterocycles. The molecule has 56 valence electrons. The molecular formula is C7H8ClFO. The van der Waals surface area contributed by atoms with Gasteiger partial charge in [0, 0.05) is 7.11 Å². The highest BCUT2D eigenvalue weighted by Crippen LogP contribution is 2.29. The lowest BCUT2D eigenvalue weighted by Gasteiger charge is -2.23. The largest absolute Gasteiger partial charge is 0.372 e. The SMILES string of the molecule is COC1C=CC=CC1(F)Cl. The van der Waals surface area contributed by atoms with Gasteiger partial charge in [-0.2, -0.15) is 0 Å². The van der Waals surface area contributed by atoms with Crippen LogP contribution in [0.2, 0.25) is 0 Å². The van der Waals surface area contributed by atoms with Gasteiger partial charge >= 0.3 is 0 Å². The van der Waals surface area contributed by atoms with Gasteiger partial charge in [0.05, 0.1) is 0 Å². The van der Waals surface area contributed by atoms with Crippen molar-refractivity contribution < 1.29 is 9.13 Å². The van der Waals surface area contributed by atoms with Crippen LogP contribution in [0.15, 0.2) is 24.3 Å². The zero-order chi connectivity index (χ0) is 7.61. The predicted octanol–water partition coefficient (Wildman–Crippen LogP) is 2.03. The van der Waals surface area contributed by atoms with E-state index in [1.807, 2.05) is 0 Å². The fourth-order valence-corrected chi connectivity index (χ4v) is 1.04. The lowest BCUT2D eigenvalue weighted by molar-refractivity contribution is 0.0656. The number of hydrogen-bond acceptors (Lipinski definition) is 1. The number of allylic oxidation sites excluding steroid dienone is 2. The summed E-state index contributed by atoms with van der Waals surface area (Å²) >= 11 is 5.41. The minimum absolute atomic E-state index is 0.667. The van der Waals surface area contributed by atoms with Gasteiger partial charge in [-0.05, 0) is 6.08 Å². The molecule has 1 rings (SSSR count). The monoisotopic (exact) mass is 162 g/mol. The number of rotatable bonds is 1. The second kappa shape index (κ2) is 2.72. The van der Waals surface area contributed by atoms with Crippen LogP contribution in [-0.2, 0) is 4.74 Å². The Labute approximate surface area is 64.1 Å². The normalized spacial score (nSPS) is 38.5. The predicted molar refractivity (Wildman–Crippen MR) is 38.8 cm³/mol. The zero-order valence-electron chi connectivity index (χ0n) is 5.55. The summed E-state index contributed by atoms with van der Waals surface area (Å²) in [5.41, 5.74) is 0. The molecular weight excluding hydrogens is 155 g/mol. The Kier molecular flexibility index (Phi) is 2.11. The smallest absolute Gasteiger partial charge is 0.231 e. The van der Waals surface area contributed by atoms with E-state index in [1.54, 1.807) is 18.2 Å². The molecule has 0 N–H and O–H groups in total. The van der Waals surface area contributed by atoms with Crippen molar-refractivity contribution in [2.75, 3.05) is 7.11 Å².